The molecule has 1 aromatic heterocycles. The Morgan fingerprint density at radius 2 is 1.82 bits per heavy atom. The fourth-order valence-corrected chi connectivity index (χ4v) is 2.49. The summed E-state index contributed by atoms with van der Waals surface area (Å²) in [5.74, 6) is -1.14. The van der Waals surface area contributed by atoms with E-state index in [1.54, 1.807) is 43.6 Å². The highest BCUT2D eigenvalue weighted by Gasteiger charge is 2.24. The summed E-state index contributed by atoms with van der Waals surface area (Å²) < 4.78 is 0. The molecule has 0 unspecified atom stereocenters. The summed E-state index contributed by atoms with van der Waals surface area (Å²) in [5.41, 5.74) is 1.74. The van der Waals surface area contributed by atoms with E-state index in [0.29, 0.717) is 21.7 Å². The fourth-order valence-electron chi connectivity index (χ4n) is 2.32. The molecule has 5 heteroatoms. The maximum atomic E-state index is 12.5. The molecule has 0 aliphatic heterocycles. The van der Waals surface area contributed by atoms with Crippen LogP contribution in [-0.2, 0) is 4.79 Å². The predicted octanol–water partition coefficient (Wildman–Crippen LogP) is 3.67. The number of rotatable bonds is 3. The van der Waals surface area contributed by atoms with Crippen LogP contribution in [0.1, 0.15) is 10.4 Å². The second kappa shape index (κ2) is 5.66. The van der Waals surface area contributed by atoms with Crippen LogP contribution in [0.3, 0.4) is 0 Å². The highest BCUT2D eigenvalue weighted by atomic mass is 35.5. The van der Waals surface area contributed by atoms with E-state index in [1.165, 1.54) is 4.90 Å². The van der Waals surface area contributed by atoms with E-state index in [0.717, 1.165) is 5.52 Å². The summed E-state index contributed by atoms with van der Waals surface area (Å²) in [6, 6.07) is 14.2. The Balaban J connectivity index is 1.94. The van der Waals surface area contributed by atoms with Crippen molar-refractivity contribution in [2.75, 3.05) is 11.9 Å². The first-order valence-electron chi connectivity index (χ1n) is 6.72. The third kappa shape index (κ3) is 2.49. The Hall–Kier alpha value is -2.59. The van der Waals surface area contributed by atoms with Gasteiger partial charge in [-0.2, -0.15) is 0 Å². The molecule has 0 saturated carbocycles. The zero-order valence-corrected chi connectivity index (χ0v) is 12.6. The molecule has 0 radical (unpaired) electrons. The molecular formula is C17H13ClN2O2. The van der Waals surface area contributed by atoms with Crippen LogP contribution in [0.15, 0.2) is 54.7 Å². The van der Waals surface area contributed by atoms with Gasteiger partial charge >= 0.3 is 0 Å². The molecule has 0 atom stereocenters. The Bertz CT molecular complexity index is 855. The van der Waals surface area contributed by atoms with Crippen LogP contribution in [0.2, 0.25) is 5.02 Å². The molecule has 2 aromatic carbocycles. The Labute approximate surface area is 132 Å². The van der Waals surface area contributed by atoms with E-state index in [4.69, 9.17) is 11.6 Å². The van der Waals surface area contributed by atoms with Crippen molar-refractivity contribution < 1.29 is 9.59 Å². The third-order valence-corrected chi connectivity index (χ3v) is 3.77. The maximum absolute atomic E-state index is 12.5. The molecule has 110 valence electrons. The van der Waals surface area contributed by atoms with Gasteiger partial charge in [0.05, 0.1) is 5.56 Å². The van der Waals surface area contributed by atoms with Gasteiger partial charge in [0.15, 0.2) is 0 Å². The Morgan fingerprint density at radius 1 is 1.09 bits per heavy atom. The minimum Gasteiger partial charge on any atom is -0.360 e. The number of benzene rings is 2. The fraction of sp³-hybridized carbons (Fsp3) is 0.0588. The van der Waals surface area contributed by atoms with Gasteiger partial charge in [0.25, 0.3) is 11.7 Å². The van der Waals surface area contributed by atoms with E-state index in [1.807, 2.05) is 18.2 Å². The number of ketones is 1. The average Bonchev–Trinajstić information content (AvgIpc) is 2.96. The van der Waals surface area contributed by atoms with Gasteiger partial charge in [-0.05, 0) is 24.3 Å². The van der Waals surface area contributed by atoms with E-state index in [-0.39, 0.29) is 0 Å². The van der Waals surface area contributed by atoms with Crippen molar-refractivity contribution in [1.82, 2.24) is 4.98 Å². The van der Waals surface area contributed by atoms with Gasteiger partial charge in [-0.25, -0.2) is 0 Å². The lowest BCUT2D eigenvalue weighted by Gasteiger charge is -2.15. The molecular weight excluding hydrogens is 300 g/mol. The molecule has 0 saturated heterocycles. The van der Waals surface area contributed by atoms with E-state index < -0.39 is 11.7 Å². The number of fused-ring (bicyclic) bond motifs is 1. The van der Waals surface area contributed by atoms with Gasteiger partial charge in [0, 0.05) is 34.9 Å². The lowest BCUT2D eigenvalue weighted by Crippen LogP contribution is -2.33. The lowest BCUT2D eigenvalue weighted by molar-refractivity contribution is -0.114. The van der Waals surface area contributed by atoms with Crippen LogP contribution in [0.4, 0.5) is 5.69 Å². The van der Waals surface area contributed by atoms with Crippen LogP contribution >= 0.6 is 11.6 Å². The normalized spacial score (nSPS) is 10.6. The SMILES string of the molecule is CN(C(=O)C(=O)c1c[nH]c2cc(Cl)ccc12)c1ccccc1. The summed E-state index contributed by atoms with van der Waals surface area (Å²) in [4.78, 5) is 29.2. The van der Waals surface area contributed by atoms with Crippen molar-refractivity contribution in [2.45, 2.75) is 0 Å². The molecule has 0 bridgehead atoms. The minimum atomic E-state index is -0.581. The van der Waals surface area contributed by atoms with Gasteiger partial charge in [-0.1, -0.05) is 35.9 Å². The van der Waals surface area contributed by atoms with Crippen molar-refractivity contribution in [1.29, 1.82) is 0 Å². The Kier molecular flexibility index (Phi) is 3.69. The van der Waals surface area contributed by atoms with Crippen molar-refractivity contribution in [3.8, 4) is 0 Å². The maximum Gasteiger partial charge on any atom is 0.299 e. The van der Waals surface area contributed by atoms with Crippen LogP contribution in [0.25, 0.3) is 10.9 Å². The van der Waals surface area contributed by atoms with Crippen LogP contribution in [0, 0.1) is 0 Å². The number of carbonyl (C=O) groups is 2. The van der Waals surface area contributed by atoms with Crippen molar-refractivity contribution in [2.24, 2.45) is 0 Å². The monoisotopic (exact) mass is 312 g/mol. The molecule has 3 rings (SSSR count). The van der Waals surface area contributed by atoms with Crippen LogP contribution in [0.5, 0.6) is 0 Å². The highest BCUT2D eigenvalue weighted by Crippen LogP contribution is 2.23. The molecule has 3 aromatic rings. The van der Waals surface area contributed by atoms with Gasteiger partial charge in [0.1, 0.15) is 0 Å². The van der Waals surface area contributed by atoms with Crippen LogP contribution in [-0.4, -0.2) is 23.7 Å². The zero-order valence-electron chi connectivity index (χ0n) is 11.8. The lowest BCUT2D eigenvalue weighted by atomic mass is 10.1. The topological polar surface area (TPSA) is 53.2 Å². The number of amides is 1. The molecule has 1 heterocycles. The van der Waals surface area contributed by atoms with Gasteiger partial charge < -0.3 is 9.88 Å². The number of hydrogen-bond donors (Lipinski definition) is 1. The minimum absolute atomic E-state index is 0.347. The largest absolute Gasteiger partial charge is 0.360 e. The number of hydrogen-bond acceptors (Lipinski definition) is 2. The second-order valence-electron chi connectivity index (χ2n) is 4.92. The van der Waals surface area contributed by atoms with E-state index in [2.05, 4.69) is 4.98 Å². The molecule has 0 aliphatic carbocycles. The van der Waals surface area contributed by atoms with Crippen molar-refractivity contribution >= 4 is 39.9 Å². The smallest absolute Gasteiger partial charge is 0.299 e. The van der Waals surface area contributed by atoms with Gasteiger partial charge in [0.2, 0.25) is 0 Å². The van der Waals surface area contributed by atoms with Crippen LogP contribution < -0.4 is 4.90 Å². The quantitative estimate of drug-likeness (QED) is 0.592. The molecule has 0 aliphatic rings. The number of H-pyrrole nitrogens is 1. The summed E-state index contributed by atoms with van der Waals surface area (Å²) >= 11 is 5.92. The summed E-state index contributed by atoms with van der Waals surface area (Å²) in [7, 11) is 1.58. The first-order valence-corrected chi connectivity index (χ1v) is 7.10. The predicted molar refractivity (Wildman–Crippen MR) is 87.5 cm³/mol. The molecule has 1 amide bonds. The number of halogens is 1. The third-order valence-electron chi connectivity index (χ3n) is 3.53. The number of aromatic nitrogens is 1. The standard InChI is InChI=1S/C17H13ClN2O2/c1-20(12-5-3-2-4-6-12)17(22)16(21)14-10-19-15-9-11(18)7-8-13(14)15/h2-10,19H,1H3. The molecule has 0 fully saturated rings. The average molecular weight is 313 g/mol. The molecule has 4 nitrogen and oxygen atoms in total. The summed E-state index contributed by atoms with van der Waals surface area (Å²) in [5, 5.41) is 1.25. The molecule has 0 spiro atoms. The number of aromatic amines is 1. The summed E-state index contributed by atoms with van der Waals surface area (Å²) in [6.07, 6.45) is 1.54. The van der Waals surface area contributed by atoms with E-state index in [9.17, 15) is 9.59 Å². The number of nitrogens with one attached hydrogen (secondary N) is 1. The number of nitrogens with zero attached hydrogens (tertiary/aromatic N) is 1. The molecule has 1 N–H and O–H groups in total. The highest BCUT2D eigenvalue weighted by molar-refractivity contribution is 6.48. The number of Topliss-reactive ketones (excluding diaryl/α,β-unsaturated/α-hetero) is 1. The van der Waals surface area contributed by atoms with Gasteiger partial charge in [-0.3, -0.25) is 9.59 Å². The summed E-state index contributed by atoms with van der Waals surface area (Å²) in [6.45, 7) is 0. The van der Waals surface area contributed by atoms with Crippen molar-refractivity contribution in [3.63, 3.8) is 0 Å². The first-order chi connectivity index (χ1) is 10.6. The zero-order chi connectivity index (χ0) is 15.7. The number of carbonyl (C=O) groups excluding carboxylic acids is 2. The molecule has 22 heavy (non-hydrogen) atoms. The van der Waals surface area contributed by atoms with Gasteiger partial charge in [-0.15, -0.1) is 0 Å². The number of anilines is 1. The van der Waals surface area contributed by atoms with E-state index >= 15 is 0 Å². The number of para-hydroxylation sites is 1. The second-order valence-corrected chi connectivity index (χ2v) is 5.36. The number of likely N-dealkylation sites (N-methyl/N-ethyl adjacent to an activating group) is 1. The van der Waals surface area contributed by atoms with Crippen molar-refractivity contribution in [3.05, 3.63) is 65.3 Å². The Morgan fingerprint density at radius 3 is 2.55 bits per heavy atom. The first kappa shape index (κ1) is 14.4.